The van der Waals surface area contributed by atoms with Crippen LogP contribution in [0.4, 0.5) is 0 Å². The maximum absolute atomic E-state index is 5.90. The molecule has 98 valence electrons. The van der Waals surface area contributed by atoms with Crippen LogP contribution in [0, 0.1) is 0 Å². The molecule has 0 amide bonds. The predicted molar refractivity (Wildman–Crippen MR) is 79.3 cm³/mol. The molecule has 0 aliphatic heterocycles. The maximum atomic E-state index is 5.90. The van der Waals surface area contributed by atoms with Gasteiger partial charge in [-0.15, -0.1) is 11.3 Å². The largest absolute Gasteiger partial charge is 0.314 e. The summed E-state index contributed by atoms with van der Waals surface area (Å²) in [4.78, 5) is 1.38. The molecule has 1 nitrogen and oxygen atoms in total. The average molecular weight is 274 g/mol. The highest BCUT2D eigenvalue weighted by atomic mass is 35.5. The van der Waals surface area contributed by atoms with Gasteiger partial charge in [-0.2, -0.15) is 0 Å². The van der Waals surface area contributed by atoms with Crippen molar-refractivity contribution in [1.29, 1.82) is 0 Å². The lowest BCUT2D eigenvalue weighted by atomic mass is 10.1. The zero-order valence-electron chi connectivity index (χ0n) is 11.0. The number of hydrogen-bond acceptors (Lipinski definition) is 2. The van der Waals surface area contributed by atoms with Crippen LogP contribution in [0.3, 0.4) is 0 Å². The van der Waals surface area contributed by atoms with E-state index in [1.165, 1.54) is 37.0 Å². The molecule has 1 aromatic heterocycles. The number of halogens is 1. The Labute approximate surface area is 115 Å². The molecule has 0 bridgehead atoms. The van der Waals surface area contributed by atoms with Crippen molar-refractivity contribution in [1.82, 2.24) is 5.32 Å². The van der Waals surface area contributed by atoms with Gasteiger partial charge in [0.05, 0.1) is 4.34 Å². The molecule has 0 aromatic carbocycles. The van der Waals surface area contributed by atoms with Gasteiger partial charge in [0.1, 0.15) is 0 Å². The van der Waals surface area contributed by atoms with Gasteiger partial charge in [-0.05, 0) is 31.9 Å². The number of thiophene rings is 1. The second-order valence-corrected chi connectivity index (χ2v) is 6.46. The molecular weight excluding hydrogens is 250 g/mol. The van der Waals surface area contributed by atoms with Crippen molar-refractivity contribution in [3.8, 4) is 0 Å². The summed E-state index contributed by atoms with van der Waals surface area (Å²) in [5.41, 5.74) is 0. The fourth-order valence-corrected chi connectivity index (χ4v) is 2.99. The van der Waals surface area contributed by atoms with Crippen LogP contribution in [-0.2, 0) is 6.42 Å². The number of hydrogen-bond donors (Lipinski definition) is 1. The topological polar surface area (TPSA) is 12.0 Å². The number of unbranched alkanes of at least 4 members (excludes halogenated alkanes) is 3. The Morgan fingerprint density at radius 2 is 2.12 bits per heavy atom. The molecule has 1 rings (SSSR count). The highest BCUT2D eigenvalue weighted by Crippen LogP contribution is 2.21. The van der Waals surface area contributed by atoms with Crippen molar-refractivity contribution in [2.75, 3.05) is 6.54 Å². The van der Waals surface area contributed by atoms with Crippen molar-refractivity contribution in [2.45, 2.75) is 58.4 Å². The molecule has 0 radical (unpaired) electrons. The molecule has 1 N–H and O–H groups in total. The average Bonchev–Trinajstić information content (AvgIpc) is 2.71. The third-order valence-electron chi connectivity index (χ3n) is 2.98. The Kier molecular flexibility index (Phi) is 7.91. The number of nitrogens with one attached hydrogen (secondary N) is 1. The summed E-state index contributed by atoms with van der Waals surface area (Å²) in [6.07, 6.45) is 7.82. The second kappa shape index (κ2) is 8.96. The van der Waals surface area contributed by atoms with Crippen molar-refractivity contribution < 1.29 is 0 Å². The molecule has 0 aliphatic carbocycles. The first kappa shape index (κ1) is 15.0. The lowest BCUT2D eigenvalue weighted by molar-refractivity contribution is 0.486. The van der Waals surface area contributed by atoms with Crippen molar-refractivity contribution >= 4 is 22.9 Å². The lowest BCUT2D eigenvalue weighted by Gasteiger charge is -2.12. The Morgan fingerprint density at radius 1 is 1.29 bits per heavy atom. The van der Waals surface area contributed by atoms with E-state index < -0.39 is 0 Å². The molecular formula is C14H24ClNS. The van der Waals surface area contributed by atoms with E-state index in [2.05, 4.69) is 25.2 Å². The van der Waals surface area contributed by atoms with Gasteiger partial charge in [0.2, 0.25) is 0 Å². The fourth-order valence-electron chi connectivity index (χ4n) is 1.91. The summed E-state index contributed by atoms with van der Waals surface area (Å²) in [6, 6.07) is 4.75. The van der Waals surface area contributed by atoms with Crippen molar-refractivity contribution in [2.24, 2.45) is 0 Å². The highest BCUT2D eigenvalue weighted by molar-refractivity contribution is 7.16. The van der Waals surface area contributed by atoms with Crippen LogP contribution in [0.15, 0.2) is 12.1 Å². The van der Waals surface area contributed by atoms with Crippen molar-refractivity contribution in [3.63, 3.8) is 0 Å². The molecule has 3 heteroatoms. The molecule has 1 heterocycles. The molecule has 1 unspecified atom stereocenters. The van der Waals surface area contributed by atoms with Gasteiger partial charge in [-0.1, -0.05) is 44.2 Å². The van der Waals surface area contributed by atoms with Gasteiger partial charge in [-0.3, -0.25) is 0 Å². The van der Waals surface area contributed by atoms with Crippen LogP contribution in [0.5, 0.6) is 0 Å². The van der Waals surface area contributed by atoms with Crippen LogP contribution < -0.4 is 5.32 Å². The van der Waals surface area contributed by atoms with E-state index in [1.807, 2.05) is 6.07 Å². The number of rotatable bonds is 9. The second-order valence-electron chi connectivity index (χ2n) is 4.66. The SMILES string of the molecule is CCCCCCC(C)NCCc1ccc(Cl)s1. The van der Waals surface area contributed by atoms with Gasteiger partial charge in [0.15, 0.2) is 0 Å². The third-order valence-corrected chi connectivity index (χ3v) is 4.27. The van der Waals surface area contributed by atoms with Crippen LogP contribution in [0.1, 0.15) is 50.8 Å². The Hall–Kier alpha value is -0.0500. The highest BCUT2D eigenvalue weighted by Gasteiger charge is 2.02. The summed E-state index contributed by atoms with van der Waals surface area (Å²) in [6.45, 7) is 5.60. The van der Waals surface area contributed by atoms with Crippen LogP contribution in [0.25, 0.3) is 0 Å². The minimum Gasteiger partial charge on any atom is -0.314 e. The molecule has 0 aliphatic rings. The van der Waals surface area contributed by atoms with Gasteiger partial charge in [-0.25, -0.2) is 0 Å². The van der Waals surface area contributed by atoms with Crippen LogP contribution in [0.2, 0.25) is 4.34 Å². The Morgan fingerprint density at radius 3 is 2.76 bits per heavy atom. The quantitative estimate of drug-likeness (QED) is 0.632. The molecule has 0 fully saturated rings. The first-order valence-electron chi connectivity index (χ1n) is 6.70. The minimum absolute atomic E-state index is 0.641. The summed E-state index contributed by atoms with van der Waals surface area (Å²) in [7, 11) is 0. The van der Waals surface area contributed by atoms with E-state index >= 15 is 0 Å². The summed E-state index contributed by atoms with van der Waals surface area (Å²) in [5, 5.41) is 3.58. The molecule has 0 spiro atoms. The fraction of sp³-hybridized carbons (Fsp3) is 0.714. The molecule has 1 aromatic rings. The monoisotopic (exact) mass is 273 g/mol. The third kappa shape index (κ3) is 7.07. The van der Waals surface area contributed by atoms with E-state index in [-0.39, 0.29) is 0 Å². The normalized spacial score (nSPS) is 12.9. The van der Waals surface area contributed by atoms with E-state index in [4.69, 9.17) is 11.6 Å². The summed E-state index contributed by atoms with van der Waals surface area (Å²) >= 11 is 7.59. The lowest BCUT2D eigenvalue weighted by Crippen LogP contribution is -2.27. The summed E-state index contributed by atoms with van der Waals surface area (Å²) in [5.74, 6) is 0. The molecule has 1 atom stereocenters. The maximum Gasteiger partial charge on any atom is 0.0931 e. The Bertz CT molecular complexity index is 298. The minimum atomic E-state index is 0.641. The van der Waals surface area contributed by atoms with Crippen LogP contribution >= 0.6 is 22.9 Å². The van der Waals surface area contributed by atoms with Gasteiger partial charge in [0.25, 0.3) is 0 Å². The van der Waals surface area contributed by atoms with Crippen LogP contribution in [-0.4, -0.2) is 12.6 Å². The first-order chi connectivity index (χ1) is 8.22. The van der Waals surface area contributed by atoms with Gasteiger partial charge < -0.3 is 5.32 Å². The van der Waals surface area contributed by atoms with Gasteiger partial charge >= 0.3 is 0 Å². The van der Waals surface area contributed by atoms with Gasteiger partial charge in [0, 0.05) is 17.5 Å². The van der Waals surface area contributed by atoms with E-state index in [0.717, 1.165) is 17.3 Å². The Balaban J connectivity index is 2.02. The predicted octanol–water partition coefficient (Wildman–Crippen LogP) is 4.89. The van der Waals surface area contributed by atoms with E-state index in [1.54, 1.807) is 11.3 Å². The first-order valence-corrected chi connectivity index (χ1v) is 7.89. The van der Waals surface area contributed by atoms with E-state index in [0.29, 0.717) is 6.04 Å². The van der Waals surface area contributed by atoms with E-state index in [9.17, 15) is 0 Å². The standard InChI is InChI=1S/C14H24ClNS/c1-3-4-5-6-7-12(2)16-11-10-13-8-9-14(15)17-13/h8-9,12,16H,3-7,10-11H2,1-2H3. The molecule has 17 heavy (non-hydrogen) atoms. The summed E-state index contributed by atoms with van der Waals surface area (Å²) < 4.78 is 0.896. The molecule has 0 saturated carbocycles. The zero-order chi connectivity index (χ0) is 12.5. The zero-order valence-corrected chi connectivity index (χ0v) is 12.5. The molecule has 0 saturated heterocycles. The smallest absolute Gasteiger partial charge is 0.0931 e. The van der Waals surface area contributed by atoms with Crippen molar-refractivity contribution in [3.05, 3.63) is 21.3 Å².